The van der Waals surface area contributed by atoms with Gasteiger partial charge in [0.05, 0.1) is 19.8 Å². The molecule has 2 rings (SSSR count). The minimum absolute atomic E-state index is 0.543. The summed E-state index contributed by atoms with van der Waals surface area (Å²) in [6.45, 7) is 7.32. The summed E-state index contributed by atoms with van der Waals surface area (Å²) >= 11 is 0. The molecule has 1 fully saturated rings. The number of hydrogen-bond acceptors (Lipinski definition) is 4. The minimum Gasteiger partial charge on any atom is -0.494 e. The standard InChI is InChI=1S/C15H24N2O2/c1-13(17-6-9-18-10-7-17)5-8-19-15-4-2-3-14(11-15)12-16/h2-4,11,13H,5-10,12,16H2,1H3. The second-order valence-electron chi connectivity index (χ2n) is 4.99. The second-order valence-corrected chi connectivity index (χ2v) is 4.99. The molecule has 106 valence electrons. The average Bonchev–Trinajstić information content (AvgIpc) is 2.48. The number of morpholine rings is 1. The number of nitrogens with zero attached hydrogens (tertiary/aromatic N) is 1. The summed E-state index contributed by atoms with van der Waals surface area (Å²) < 4.78 is 11.2. The predicted octanol–water partition coefficient (Wildman–Crippen LogP) is 1.63. The molecule has 4 nitrogen and oxygen atoms in total. The third-order valence-corrected chi connectivity index (χ3v) is 3.61. The van der Waals surface area contributed by atoms with E-state index in [-0.39, 0.29) is 0 Å². The van der Waals surface area contributed by atoms with Crippen LogP contribution in [0.15, 0.2) is 24.3 Å². The van der Waals surface area contributed by atoms with E-state index in [4.69, 9.17) is 15.2 Å². The maximum Gasteiger partial charge on any atom is 0.119 e. The van der Waals surface area contributed by atoms with Gasteiger partial charge in [-0.3, -0.25) is 4.90 Å². The first-order valence-electron chi connectivity index (χ1n) is 7.03. The first kappa shape index (κ1) is 14.3. The quantitative estimate of drug-likeness (QED) is 0.848. The van der Waals surface area contributed by atoms with Crippen LogP contribution in [0.4, 0.5) is 0 Å². The molecule has 0 bridgehead atoms. The zero-order valence-corrected chi connectivity index (χ0v) is 11.7. The molecule has 1 aliphatic rings. The molecule has 4 heteroatoms. The van der Waals surface area contributed by atoms with Crippen LogP contribution < -0.4 is 10.5 Å². The summed E-state index contributed by atoms with van der Waals surface area (Å²) in [4.78, 5) is 2.46. The van der Waals surface area contributed by atoms with E-state index in [9.17, 15) is 0 Å². The summed E-state index contributed by atoms with van der Waals surface area (Å²) in [7, 11) is 0. The summed E-state index contributed by atoms with van der Waals surface area (Å²) in [6.07, 6.45) is 1.03. The van der Waals surface area contributed by atoms with Crippen LogP contribution in [0.5, 0.6) is 5.75 Å². The monoisotopic (exact) mass is 264 g/mol. The lowest BCUT2D eigenvalue weighted by Crippen LogP contribution is -2.42. The molecule has 1 unspecified atom stereocenters. The molecule has 1 saturated heterocycles. The first-order valence-corrected chi connectivity index (χ1v) is 7.03. The van der Waals surface area contributed by atoms with Gasteiger partial charge in [0.2, 0.25) is 0 Å². The number of benzene rings is 1. The van der Waals surface area contributed by atoms with Gasteiger partial charge in [-0.25, -0.2) is 0 Å². The molecule has 1 heterocycles. The maximum absolute atomic E-state index is 5.80. The molecule has 0 saturated carbocycles. The Kier molecular flexibility index (Phi) is 5.63. The highest BCUT2D eigenvalue weighted by atomic mass is 16.5. The Bertz CT molecular complexity index is 378. The van der Waals surface area contributed by atoms with E-state index in [0.717, 1.165) is 50.6 Å². The topological polar surface area (TPSA) is 47.7 Å². The van der Waals surface area contributed by atoms with Gasteiger partial charge in [0.1, 0.15) is 5.75 Å². The molecule has 1 atom stereocenters. The van der Waals surface area contributed by atoms with Crippen molar-refractivity contribution < 1.29 is 9.47 Å². The summed E-state index contributed by atoms with van der Waals surface area (Å²) in [5.41, 5.74) is 6.73. The van der Waals surface area contributed by atoms with Crippen LogP contribution in [-0.2, 0) is 11.3 Å². The molecule has 2 N–H and O–H groups in total. The van der Waals surface area contributed by atoms with Crippen LogP contribution in [-0.4, -0.2) is 43.9 Å². The van der Waals surface area contributed by atoms with E-state index in [1.54, 1.807) is 0 Å². The van der Waals surface area contributed by atoms with Gasteiger partial charge in [0, 0.05) is 25.7 Å². The number of rotatable bonds is 6. The van der Waals surface area contributed by atoms with Crippen LogP contribution in [0, 0.1) is 0 Å². The highest BCUT2D eigenvalue weighted by Crippen LogP contribution is 2.14. The van der Waals surface area contributed by atoms with Gasteiger partial charge in [0.25, 0.3) is 0 Å². The molecular formula is C15H24N2O2. The number of hydrogen-bond donors (Lipinski definition) is 1. The lowest BCUT2D eigenvalue weighted by Gasteiger charge is -2.32. The molecular weight excluding hydrogens is 240 g/mol. The van der Waals surface area contributed by atoms with Gasteiger partial charge >= 0.3 is 0 Å². The van der Waals surface area contributed by atoms with Gasteiger partial charge < -0.3 is 15.2 Å². The van der Waals surface area contributed by atoms with Crippen LogP contribution >= 0.6 is 0 Å². The van der Waals surface area contributed by atoms with Crippen LogP contribution in [0.3, 0.4) is 0 Å². The van der Waals surface area contributed by atoms with Gasteiger partial charge in [-0.05, 0) is 31.0 Å². The van der Waals surface area contributed by atoms with E-state index in [0.29, 0.717) is 12.6 Å². The summed E-state index contributed by atoms with van der Waals surface area (Å²) in [5.74, 6) is 0.914. The summed E-state index contributed by atoms with van der Waals surface area (Å²) in [6, 6.07) is 8.55. The zero-order valence-electron chi connectivity index (χ0n) is 11.7. The van der Waals surface area contributed by atoms with Gasteiger partial charge in [-0.2, -0.15) is 0 Å². The minimum atomic E-state index is 0.543. The Hall–Kier alpha value is -1.10. The van der Waals surface area contributed by atoms with Gasteiger partial charge in [-0.1, -0.05) is 12.1 Å². The number of ether oxygens (including phenoxy) is 2. The second kappa shape index (κ2) is 7.48. The molecule has 0 aromatic heterocycles. The van der Waals surface area contributed by atoms with E-state index in [1.165, 1.54) is 0 Å². The largest absolute Gasteiger partial charge is 0.494 e. The highest BCUT2D eigenvalue weighted by molar-refractivity contribution is 5.28. The molecule has 1 aromatic rings. The van der Waals surface area contributed by atoms with E-state index >= 15 is 0 Å². The fourth-order valence-electron chi connectivity index (χ4n) is 2.31. The van der Waals surface area contributed by atoms with Gasteiger partial charge in [0.15, 0.2) is 0 Å². The third-order valence-electron chi connectivity index (χ3n) is 3.61. The predicted molar refractivity (Wildman–Crippen MR) is 76.3 cm³/mol. The fraction of sp³-hybridized carbons (Fsp3) is 0.600. The SMILES string of the molecule is CC(CCOc1cccc(CN)c1)N1CCOCC1. The molecule has 1 aromatic carbocycles. The first-order chi connectivity index (χ1) is 9.29. The van der Waals surface area contributed by atoms with Crippen molar-refractivity contribution >= 4 is 0 Å². The van der Waals surface area contributed by atoms with Crippen molar-refractivity contribution in [1.82, 2.24) is 4.90 Å². The Balaban J connectivity index is 1.72. The van der Waals surface area contributed by atoms with Gasteiger partial charge in [-0.15, -0.1) is 0 Å². The van der Waals surface area contributed by atoms with Crippen molar-refractivity contribution in [3.05, 3.63) is 29.8 Å². The molecule has 1 aliphatic heterocycles. The van der Waals surface area contributed by atoms with Crippen molar-refractivity contribution in [2.24, 2.45) is 5.73 Å². The molecule has 0 amide bonds. The smallest absolute Gasteiger partial charge is 0.119 e. The average molecular weight is 264 g/mol. The lowest BCUT2D eigenvalue weighted by molar-refractivity contribution is 0.0161. The molecule has 0 radical (unpaired) electrons. The van der Waals surface area contributed by atoms with Crippen LogP contribution in [0.1, 0.15) is 18.9 Å². The summed E-state index contributed by atoms with van der Waals surface area (Å²) in [5, 5.41) is 0. The Morgan fingerprint density at radius 2 is 2.16 bits per heavy atom. The Morgan fingerprint density at radius 1 is 1.37 bits per heavy atom. The lowest BCUT2D eigenvalue weighted by atomic mass is 10.2. The third kappa shape index (κ3) is 4.49. The maximum atomic E-state index is 5.80. The Labute approximate surface area is 115 Å². The van der Waals surface area contributed by atoms with E-state index < -0.39 is 0 Å². The van der Waals surface area contributed by atoms with E-state index in [1.807, 2.05) is 24.3 Å². The number of nitrogens with two attached hydrogens (primary N) is 1. The molecule has 19 heavy (non-hydrogen) atoms. The van der Waals surface area contributed by atoms with Crippen molar-refractivity contribution in [3.63, 3.8) is 0 Å². The highest BCUT2D eigenvalue weighted by Gasteiger charge is 2.16. The van der Waals surface area contributed by atoms with Crippen LogP contribution in [0.25, 0.3) is 0 Å². The van der Waals surface area contributed by atoms with E-state index in [2.05, 4.69) is 11.8 Å². The van der Waals surface area contributed by atoms with Crippen molar-refractivity contribution in [1.29, 1.82) is 0 Å². The Morgan fingerprint density at radius 3 is 2.89 bits per heavy atom. The van der Waals surface area contributed by atoms with Crippen LogP contribution in [0.2, 0.25) is 0 Å². The molecule has 0 spiro atoms. The van der Waals surface area contributed by atoms with Crippen molar-refractivity contribution in [2.45, 2.75) is 25.9 Å². The normalized spacial score (nSPS) is 18.2. The fourth-order valence-corrected chi connectivity index (χ4v) is 2.31. The zero-order chi connectivity index (χ0) is 13.5. The van der Waals surface area contributed by atoms with Crippen molar-refractivity contribution in [2.75, 3.05) is 32.9 Å². The molecule has 0 aliphatic carbocycles. The van der Waals surface area contributed by atoms with Crippen molar-refractivity contribution in [3.8, 4) is 5.75 Å².